The fraction of sp³-hybridized carbons (Fsp3) is 0.0625. The van der Waals surface area contributed by atoms with Crippen molar-refractivity contribution in [1.82, 2.24) is 4.98 Å². The molecule has 1 heterocycles. The summed E-state index contributed by atoms with van der Waals surface area (Å²) in [6.45, 7) is 0.607. The Morgan fingerprint density at radius 1 is 1.10 bits per heavy atom. The van der Waals surface area contributed by atoms with Crippen LogP contribution in [0.5, 0.6) is 0 Å². The van der Waals surface area contributed by atoms with Crippen LogP contribution in [-0.4, -0.2) is 4.98 Å². The molecular weight excluding hydrogens is 399 g/mol. The van der Waals surface area contributed by atoms with E-state index in [-0.39, 0.29) is 5.82 Å². The zero-order valence-corrected chi connectivity index (χ0v) is 14.1. The van der Waals surface area contributed by atoms with Gasteiger partial charge in [0.25, 0.3) is 0 Å². The Morgan fingerprint density at radius 3 is 2.76 bits per heavy atom. The SMILES string of the molecule is Fc1ccc(CNc2cccc3cc(Br)cnc23)cc1Br. The predicted octanol–water partition coefficient (Wildman–Crippen LogP) is 5.51. The van der Waals surface area contributed by atoms with Gasteiger partial charge < -0.3 is 5.32 Å². The molecule has 0 radical (unpaired) electrons. The van der Waals surface area contributed by atoms with Gasteiger partial charge in [-0.25, -0.2) is 4.39 Å². The van der Waals surface area contributed by atoms with Crippen LogP contribution in [0, 0.1) is 5.82 Å². The van der Waals surface area contributed by atoms with Crippen molar-refractivity contribution in [3.05, 3.63) is 69.0 Å². The molecule has 21 heavy (non-hydrogen) atoms. The van der Waals surface area contributed by atoms with Crippen molar-refractivity contribution in [3.8, 4) is 0 Å². The van der Waals surface area contributed by atoms with Crippen LogP contribution in [-0.2, 0) is 6.54 Å². The molecule has 0 bridgehead atoms. The van der Waals surface area contributed by atoms with Gasteiger partial charge >= 0.3 is 0 Å². The highest BCUT2D eigenvalue weighted by molar-refractivity contribution is 9.10. The zero-order chi connectivity index (χ0) is 14.8. The van der Waals surface area contributed by atoms with Crippen LogP contribution >= 0.6 is 31.9 Å². The van der Waals surface area contributed by atoms with Crippen LogP contribution in [0.3, 0.4) is 0 Å². The zero-order valence-electron chi connectivity index (χ0n) is 10.9. The summed E-state index contributed by atoms with van der Waals surface area (Å²) in [5.41, 5.74) is 2.87. The van der Waals surface area contributed by atoms with Crippen LogP contribution in [0.2, 0.25) is 0 Å². The third kappa shape index (κ3) is 3.24. The van der Waals surface area contributed by atoms with Gasteiger partial charge in [-0.3, -0.25) is 4.98 Å². The fourth-order valence-electron chi connectivity index (χ4n) is 2.12. The number of aromatic nitrogens is 1. The second-order valence-electron chi connectivity index (χ2n) is 4.63. The molecule has 106 valence electrons. The van der Waals surface area contributed by atoms with Crippen molar-refractivity contribution in [2.24, 2.45) is 0 Å². The molecule has 0 fully saturated rings. The average Bonchev–Trinajstić information content (AvgIpc) is 2.48. The molecule has 0 spiro atoms. The molecule has 1 N–H and O–H groups in total. The van der Waals surface area contributed by atoms with E-state index in [0.717, 1.165) is 26.6 Å². The van der Waals surface area contributed by atoms with Gasteiger partial charge in [0.2, 0.25) is 0 Å². The summed E-state index contributed by atoms with van der Waals surface area (Å²) in [6.07, 6.45) is 1.78. The summed E-state index contributed by atoms with van der Waals surface area (Å²) in [5.74, 6) is -0.254. The molecular formula is C16H11Br2FN2. The fourth-order valence-corrected chi connectivity index (χ4v) is 2.90. The Kier molecular flexibility index (Phi) is 4.22. The lowest BCUT2D eigenvalue weighted by Crippen LogP contribution is -2.01. The lowest BCUT2D eigenvalue weighted by Gasteiger charge is -2.10. The molecule has 0 aliphatic rings. The van der Waals surface area contributed by atoms with Crippen LogP contribution in [0.15, 0.2) is 57.6 Å². The smallest absolute Gasteiger partial charge is 0.137 e. The summed E-state index contributed by atoms with van der Waals surface area (Å²) < 4.78 is 14.7. The third-order valence-corrected chi connectivity index (χ3v) is 4.19. The molecule has 2 aromatic carbocycles. The Labute approximate surface area is 138 Å². The number of nitrogens with one attached hydrogen (secondary N) is 1. The second-order valence-corrected chi connectivity index (χ2v) is 6.40. The van der Waals surface area contributed by atoms with Gasteiger partial charge in [-0.05, 0) is 61.7 Å². The minimum absolute atomic E-state index is 0.254. The number of anilines is 1. The third-order valence-electron chi connectivity index (χ3n) is 3.14. The first-order valence-electron chi connectivity index (χ1n) is 6.35. The average molecular weight is 410 g/mol. The maximum atomic E-state index is 13.2. The second kappa shape index (κ2) is 6.12. The van der Waals surface area contributed by atoms with Gasteiger partial charge in [0.05, 0.1) is 15.7 Å². The Bertz CT molecular complexity index is 805. The van der Waals surface area contributed by atoms with E-state index in [0.29, 0.717) is 11.0 Å². The number of rotatable bonds is 3. The van der Waals surface area contributed by atoms with Crippen LogP contribution < -0.4 is 5.32 Å². The molecule has 0 atom stereocenters. The lowest BCUT2D eigenvalue weighted by molar-refractivity contribution is 0.620. The molecule has 0 aliphatic heterocycles. The Balaban J connectivity index is 1.86. The Hall–Kier alpha value is -1.46. The van der Waals surface area contributed by atoms with Crippen LogP contribution in [0.25, 0.3) is 10.9 Å². The van der Waals surface area contributed by atoms with Crippen molar-refractivity contribution in [1.29, 1.82) is 0 Å². The maximum absolute atomic E-state index is 13.2. The van der Waals surface area contributed by atoms with Crippen molar-refractivity contribution in [2.75, 3.05) is 5.32 Å². The van der Waals surface area contributed by atoms with Gasteiger partial charge in [0.15, 0.2) is 0 Å². The highest BCUT2D eigenvalue weighted by atomic mass is 79.9. The molecule has 0 aliphatic carbocycles. The quantitative estimate of drug-likeness (QED) is 0.616. The summed E-state index contributed by atoms with van der Waals surface area (Å²) >= 11 is 6.62. The normalized spacial score (nSPS) is 10.8. The van der Waals surface area contributed by atoms with Crippen molar-refractivity contribution in [3.63, 3.8) is 0 Å². The molecule has 2 nitrogen and oxygen atoms in total. The lowest BCUT2D eigenvalue weighted by atomic mass is 10.1. The van der Waals surface area contributed by atoms with E-state index in [1.807, 2.05) is 24.3 Å². The molecule has 0 saturated carbocycles. The first-order valence-corrected chi connectivity index (χ1v) is 7.94. The predicted molar refractivity (Wildman–Crippen MR) is 90.9 cm³/mol. The van der Waals surface area contributed by atoms with Crippen LogP contribution in [0.1, 0.15) is 5.56 Å². The number of halogens is 3. The maximum Gasteiger partial charge on any atom is 0.137 e. The number of benzene rings is 2. The molecule has 5 heteroatoms. The number of fused-ring (bicyclic) bond motifs is 1. The highest BCUT2D eigenvalue weighted by Gasteiger charge is 2.04. The molecule has 0 saturated heterocycles. The van der Waals surface area contributed by atoms with E-state index in [9.17, 15) is 4.39 Å². The van der Waals surface area contributed by atoms with Gasteiger partial charge in [0, 0.05) is 22.6 Å². The van der Waals surface area contributed by atoms with Crippen LogP contribution in [0.4, 0.5) is 10.1 Å². The summed E-state index contributed by atoms with van der Waals surface area (Å²) in [5, 5.41) is 4.41. The largest absolute Gasteiger partial charge is 0.379 e. The van der Waals surface area contributed by atoms with Gasteiger partial charge in [-0.2, -0.15) is 0 Å². The van der Waals surface area contributed by atoms with Gasteiger partial charge in [-0.15, -0.1) is 0 Å². The van der Waals surface area contributed by atoms with Crippen molar-refractivity contribution in [2.45, 2.75) is 6.54 Å². The number of pyridine rings is 1. The number of para-hydroxylation sites is 1. The first kappa shape index (κ1) is 14.5. The minimum atomic E-state index is -0.254. The summed E-state index contributed by atoms with van der Waals surface area (Å²) in [6, 6.07) is 13.0. The van der Waals surface area contributed by atoms with Crippen molar-refractivity contribution >= 4 is 48.5 Å². The van der Waals surface area contributed by atoms with Gasteiger partial charge in [-0.1, -0.05) is 18.2 Å². The monoisotopic (exact) mass is 408 g/mol. The van der Waals surface area contributed by atoms with E-state index in [1.54, 1.807) is 18.3 Å². The molecule has 0 unspecified atom stereocenters. The molecule has 3 aromatic rings. The van der Waals surface area contributed by atoms with E-state index < -0.39 is 0 Å². The number of hydrogen-bond donors (Lipinski definition) is 1. The molecule has 0 amide bonds. The van der Waals surface area contributed by atoms with E-state index >= 15 is 0 Å². The first-order chi connectivity index (χ1) is 10.1. The Morgan fingerprint density at radius 2 is 1.95 bits per heavy atom. The molecule has 1 aromatic heterocycles. The van der Waals surface area contributed by atoms with E-state index in [4.69, 9.17) is 0 Å². The van der Waals surface area contributed by atoms with E-state index in [2.05, 4.69) is 42.2 Å². The standard InChI is InChI=1S/C16H11Br2FN2/c17-12-7-11-2-1-3-15(16(11)21-9-12)20-8-10-4-5-14(19)13(18)6-10/h1-7,9,20H,8H2. The highest BCUT2D eigenvalue weighted by Crippen LogP contribution is 2.25. The minimum Gasteiger partial charge on any atom is -0.379 e. The topological polar surface area (TPSA) is 24.9 Å². The summed E-state index contributed by atoms with van der Waals surface area (Å²) in [7, 11) is 0. The summed E-state index contributed by atoms with van der Waals surface area (Å²) in [4.78, 5) is 4.45. The number of hydrogen-bond acceptors (Lipinski definition) is 2. The molecule has 3 rings (SSSR count). The van der Waals surface area contributed by atoms with Gasteiger partial charge in [0.1, 0.15) is 5.82 Å². The van der Waals surface area contributed by atoms with E-state index in [1.165, 1.54) is 6.07 Å². The number of nitrogens with zero attached hydrogens (tertiary/aromatic N) is 1. The van der Waals surface area contributed by atoms with Crippen molar-refractivity contribution < 1.29 is 4.39 Å².